The van der Waals surface area contributed by atoms with Gasteiger partial charge >= 0.3 is 5.97 Å². The number of hydrazone groups is 1. The monoisotopic (exact) mass is 416 g/mol. The van der Waals surface area contributed by atoms with Crippen LogP contribution < -0.4 is 14.9 Å². The highest BCUT2D eigenvalue weighted by atomic mass is 16.5. The van der Waals surface area contributed by atoms with E-state index in [4.69, 9.17) is 9.47 Å². The normalized spacial score (nSPS) is 10.6. The minimum absolute atomic E-state index is 0.128. The zero-order valence-electron chi connectivity index (χ0n) is 17.5. The molecule has 158 valence electrons. The van der Waals surface area contributed by atoms with Crippen LogP contribution >= 0.6 is 0 Å². The molecule has 0 radical (unpaired) electrons. The number of nitrogens with zero attached hydrogens (tertiary/aromatic N) is 1. The van der Waals surface area contributed by atoms with Gasteiger partial charge in [0.05, 0.1) is 11.8 Å². The van der Waals surface area contributed by atoms with Crippen LogP contribution in [0.2, 0.25) is 0 Å². The summed E-state index contributed by atoms with van der Waals surface area (Å²) in [7, 11) is 0. The van der Waals surface area contributed by atoms with Crippen molar-refractivity contribution in [3.63, 3.8) is 0 Å². The van der Waals surface area contributed by atoms with Crippen LogP contribution in [0.4, 0.5) is 0 Å². The van der Waals surface area contributed by atoms with E-state index in [0.717, 1.165) is 17.5 Å². The first-order valence-electron chi connectivity index (χ1n) is 9.96. The number of carbonyl (C=O) groups is 2. The van der Waals surface area contributed by atoms with Gasteiger partial charge in [0.25, 0.3) is 5.91 Å². The molecule has 0 fully saturated rings. The summed E-state index contributed by atoms with van der Waals surface area (Å²) in [6, 6.07) is 21.7. The maximum Gasteiger partial charge on any atom is 0.343 e. The van der Waals surface area contributed by atoms with E-state index in [-0.39, 0.29) is 12.5 Å². The zero-order valence-corrected chi connectivity index (χ0v) is 17.5. The standard InChI is InChI=1S/C25H24N2O4/c1-3-19-8-12-21(13-9-19)30-17-24(28)27-26-16-20-10-14-22(15-11-20)31-25(29)23-7-5-4-6-18(23)2/h4-16H,3,17H2,1-2H3,(H,27,28)/b26-16+. The molecule has 3 aromatic rings. The van der Waals surface area contributed by atoms with Gasteiger partial charge in [-0.25, -0.2) is 10.2 Å². The van der Waals surface area contributed by atoms with E-state index in [2.05, 4.69) is 17.5 Å². The molecule has 0 bridgehead atoms. The second kappa shape index (κ2) is 10.7. The third-order valence-corrected chi connectivity index (χ3v) is 4.56. The van der Waals surface area contributed by atoms with Gasteiger partial charge in [-0.2, -0.15) is 5.10 Å². The van der Waals surface area contributed by atoms with Crippen molar-refractivity contribution in [2.75, 3.05) is 6.61 Å². The lowest BCUT2D eigenvalue weighted by Crippen LogP contribution is -2.24. The van der Waals surface area contributed by atoms with Gasteiger partial charge in [0.1, 0.15) is 11.5 Å². The summed E-state index contributed by atoms with van der Waals surface area (Å²) < 4.78 is 10.8. The smallest absolute Gasteiger partial charge is 0.343 e. The molecule has 0 spiro atoms. The van der Waals surface area contributed by atoms with Crippen LogP contribution in [0.1, 0.15) is 34.0 Å². The van der Waals surface area contributed by atoms with Gasteiger partial charge in [-0.15, -0.1) is 0 Å². The molecule has 31 heavy (non-hydrogen) atoms. The van der Waals surface area contributed by atoms with Crippen LogP contribution in [0.5, 0.6) is 11.5 Å². The van der Waals surface area contributed by atoms with E-state index in [1.165, 1.54) is 11.8 Å². The van der Waals surface area contributed by atoms with Gasteiger partial charge in [0.2, 0.25) is 0 Å². The second-order valence-corrected chi connectivity index (χ2v) is 6.85. The molecule has 3 aromatic carbocycles. The Hall–Kier alpha value is -3.93. The molecule has 0 aliphatic rings. The lowest BCUT2D eigenvalue weighted by atomic mass is 10.1. The van der Waals surface area contributed by atoms with Crippen molar-refractivity contribution in [2.24, 2.45) is 5.10 Å². The van der Waals surface area contributed by atoms with Crippen LogP contribution in [-0.2, 0) is 11.2 Å². The Bertz CT molecular complexity index is 1060. The topological polar surface area (TPSA) is 77.0 Å². The van der Waals surface area contributed by atoms with E-state index in [1.54, 1.807) is 36.4 Å². The molecule has 0 saturated carbocycles. The molecular formula is C25H24N2O4. The van der Waals surface area contributed by atoms with Crippen LogP contribution in [0.15, 0.2) is 77.9 Å². The van der Waals surface area contributed by atoms with Crippen LogP contribution in [0, 0.1) is 6.92 Å². The van der Waals surface area contributed by atoms with Crippen LogP contribution in [-0.4, -0.2) is 24.7 Å². The van der Waals surface area contributed by atoms with Crippen molar-refractivity contribution in [3.8, 4) is 11.5 Å². The van der Waals surface area contributed by atoms with Gasteiger partial charge in [0, 0.05) is 0 Å². The quantitative estimate of drug-likeness (QED) is 0.257. The number of benzene rings is 3. The highest BCUT2D eigenvalue weighted by Gasteiger charge is 2.10. The molecule has 3 rings (SSSR count). The molecule has 0 heterocycles. The number of esters is 1. The fourth-order valence-electron chi connectivity index (χ4n) is 2.77. The highest BCUT2D eigenvalue weighted by molar-refractivity contribution is 5.92. The van der Waals surface area contributed by atoms with E-state index >= 15 is 0 Å². The first-order chi connectivity index (χ1) is 15.0. The molecule has 0 atom stereocenters. The van der Waals surface area contributed by atoms with Crippen molar-refractivity contribution in [1.29, 1.82) is 0 Å². The summed E-state index contributed by atoms with van der Waals surface area (Å²) in [5, 5.41) is 3.92. The second-order valence-electron chi connectivity index (χ2n) is 6.85. The van der Waals surface area contributed by atoms with Crippen molar-refractivity contribution < 1.29 is 19.1 Å². The maximum absolute atomic E-state index is 12.3. The fourth-order valence-corrected chi connectivity index (χ4v) is 2.77. The van der Waals surface area contributed by atoms with Gasteiger partial charge in [0.15, 0.2) is 6.61 Å². The summed E-state index contributed by atoms with van der Waals surface area (Å²) in [5.74, 6) is 0.291. The largest absolute Gasteiger partial charge is 0.484 e. The number of ether oxygens (including phenoxy) is 2. The minimum atomic E-state index is -0.406. The zero-order chi connectivity index (χ0) is 22.1. The molecule has 0 aromatic heterocycles. The van der Waals surface area contributed by atoms with Crippen molar-refractivity contribution in [3.05, 3.63) is 95.1 Å². The van der Waals surface area contributed by atoms with Crippen LogP contribution in [0.25, 0.3) is 0 Å². The van der Waals surface area contributed by atoms with Gasteiger partial charge < -0.3 is 9.47 Å². The molecule has 1 amide bonds. The summed E-state index contributed by atoms with van der Waals surface area (Å²) in [5.41, 5.74) is 5.75. The maximum atomic E-state index is 12.3. The van der Waals surface area contributed by atoms with Crippen molar-refractivity contribution in [2.45, 2.75) is 20.3 Å². The molecule has 0 unspecified atom stereocenters. The first-order valence-corrected chi connectivity index (χ1v) is 9.96. The molecule has 0 saturated heterocycles. The fraction of sp³-hybridized carbons (Fsp3) is 0.160. The van der Waals surface area contributed by atoms with Gasteiger partial charge in [-0.1, -0.05) is 37.3 Å². The van der Waals surface area contributed by atoms with Crippen LogP contribution in [0.3, 0.4) is 0 Å². The van der Waals surface area contributed by atoms with E-state index < -0.39 is 5.97 Å². The molecular weight excluding hydrogens is 392 g/mol. The summed E-state index contributed by atoms with van der Waals surface area (Å²) in [6.07, 6.45) is 2.45. The number of hydrogen-bond donors (Lipinski definition) is 1. The van der Waals surface area contributed by atoms with Gasteiger partial charge in [-0.3, -0.25) is 4.79 Å². The Labute approximate surface area is 181 Å². The lowest BCUT2D eigenvalue weighted by Gasteiger charge is -2.07. The van der Waals surface area contributed by atoms with E-state index in [1.807, 2.05) is 43.3 Å². The summed E-state index contributed by atoms with van der Waals surface area (Å²) in [6.45, 7) is 3.81. The molecule has 1 N–H and O–H groups in total. The SMILES string of the molecule is CCc1ccc(OCC(=O)N/N=C/c2ccc(OC(=O)c3ccccc3C)cc2)cc1. The molecule has 0 aliphatic carbocycles. The lowest BCUT2D eigenvalue weighted by molar-refractivity contribution is -0.123. The Morgan fingerprint density at radius 2 is 1.61 bits per heavy atom. The van der Waals surface area contributed by atoms with E-state index in [0.29, 0.717) is 17.1 Å². The summed E-state index contributed by atoms with van der Waals surface area (Å²) in [4.78, 5) is 24.1. The Kier molecular flexibility index (Phi) is 7.54. The third kappa shape index (κ3) is 6.54. The predicted octanol–water partition coefficient (Wildman–Crippen LogP) is 4.31. The molecule has 6 heteroatoms. The number of rotatable bonds is 8. The number of aryl methyl sites for hydroxylation is 2. The molecule has 6 nitrogen and oxygen atoms in total. The Balaban J connectivity index is 1.46. The van der Waals surface area contributed by atoms with Crippen molar-refractivity contribution in [1.82, 2.24) is 5.43 Å². The molecule has 0 aliphatic heterocycles. The Morgan fingerprint density at radius 1 is 0.935 bits per heavy atom. The van der Waals surface area contributed by atoms with Crippen molar-refractivity contribution >= 4 is 18.1 Å². The van der Waals surface area contributed by atoms with E-state index in [9.17, 15) is 9.59 Å². The average molecular weight is 416 g/mol. The number of hydrogen-bond acceptors (Lipinski definition) is 5. The van der Waals surface area contributed by atoms with Gasteiger partial charge in [-0.05, 0) is 72.5 Å². The highest BCUT2D eigenvalue weighted by Crippen LogP contribution is 2.15. The predicted molar refractivity (Wildman–Crippen MR) is 120 cm³/mol. The Morgan fingerprint density at radius 3 is 2.29 bits per heavy atom. The number of carbonyl (C=O) groups excluding carboxylic acids is 2. The average Bonchev–Trinajstić information content (AvgIpc) is 2.79. The summed E-state index contributed by atoms with van der Waals surface area (Å²) >= 11 is 0. The first kappa shape index (κ1) is 21.8. The minimum Gasteiger partial charge on any atom is -0.484 e. The third-order valence-electron chi connectivity index (χ3n) is 4.56. The number of amides is 1. The number of nitrogens with one attached hydrogen (secondary N) is 1.